The summed E-state index contributed by atoms with van der Waals surface area (Å²) in [5.41, 5.74) is 7.76. The summed E-state index contributed by atoms with van der Waals surface area (Å²) in [5.74, 6) is -1.53. The van der Waals surface area contributed by atoms with Crippen LogP contribution in [0.2, 0.25) is 0 Å². The van der Waals surface area contributed by atoms with Crippen LogP contribution in [0.1, 0.15) is 42.4 Å². The molecule has 2 aliphatic heterocycles. The third kappa shape index (κ3) is 2.92. The van der Waals surface area contributed by atoms with Gasteiger partial charge in [-0.2, -0.15) is 0 Å². The van der Waals surface area contributed by atoms with Crippen molar-refractivity contribution in [2.45, 2.75) is 38.0 Å². The number of ether oxygens (including phenoxy) is 2. The largest absolute Gasteiger partial charge is 0.462 e. The number of carbonyl (C=O) groups is 3. The highest BCUT2D eigenvalue weighted by atomic mass is 16.5. The zero-order valence-corrected chi connectivity index (χ0v) is 18.4. The van der Waals surface area contributed by atoms with Gasteiger partial charge in [0.2, 0.25) is 11.8 Å². The van der Waals surface area contributed by atoms with Gasteiger partial charge in [-0.1, -0.05) is 42.5 Å². The highest BCUT2D eigenvalue weighted by Crippen LogP contribution is 2.55. The van der Waals surface area contributed by atoms with Gasteiger partial charge in [0.1, 0.15) is 16.7 Å². The predicted octanol–water partition coefficient (Wildman–Crippen LogP) is 3.35. The van der Waals surface area contributed by atoms with E-state index in [1.54, 1.807) is 31.2 Å². The van der Waals surface area contributed by atoms with Crippen LogP contribution in [-0.4, -0.2) is 24.3 Å². The molecule has 7 heteroatoms. The van der Waals surface area contributed by atoms with E-state index in [9.17, 15) is 14.4 Å². The minimum Gasteiger partial charge on any atom is -0.462 e. The van der Waals surface area contributed by atoms with Crippen molar-refractivity contribution >= 4 is 23.3 Å². The molecule has 1 spiro atoms. The van der Waals surface area contributed by atoms with Gasteiger partial charge in [0.15, 0.2) is 5.78 Å². The zero-order chi connectivity index (χ0) is 23.3. The second-order valence-electron chi connectivity index (χ2n) is 8.49. The molecule has 7 nitrogen and oxygen atoms in total. The summed E-state index contributed by atoms with van der Waals surface area (Å²) < 4.78 is 11.2. The van der Waals surface area contributed by atoms with Gasteiger partial charge in [0, 0.05) is 24.1 Å². The number of allylic oxidation sites excluding steroid dienone is 1. The Bertz CT molecular complexity index is 1270. The van der Waals surface area contributed by atoms with Crippen LogP contribution < -0.4 is 11.1 Å². The number of hydrogen-bond acceptors (Lipinski definition) is 6. The fraction of sp³-hybridized carbons (Fsp3) is 0.269. The Labute approximate surface area is 191 Å². The van der Waals surface area contributed by atoms with Crippen molar-refractivity contribution in [3.63, 3.8) is 0 Å². The number of ketones is 1. The second kappa shape index (κ2) is 7.62. The number of hydrogen-bond donors (Lipinski definition) is 2. The molecule has 2 heterocycles. The van der Waals surface area contributed by atoms with E-state index < -0.39 is 17.3 Å². The van der Waals surface area contributed by atoms with Gasteiger partial charge >= 0.3 is 5.97 Å². The van der Waals surface area contributed by atoms with Gasteiger partial charge < -0.3 is 20.5 Å². The topological polar surface area (TPSA) is 108 Å². The number of nitrogens with one attached hydrogen (secondary N) is 1. The smallest absolute Gasteiger partial charge is 0.341 e. The highest BCUT2D eigenvalue weighted by molar-refractivity contribution is 6.22. The first-order valence-electron chi connectivity index (χ1n) is 11.0. The first-order chi connectivity index (χ1) is 15.9. The van der Waals surface area contributed by atoms with Crippen LogP contribution in [0.5, 0.6) is 0 Å². The molecule has 0 radical (unpaired) electrons. The number of carbonyl (C=O) groups excluding carboxylic acids is 3. The van der Waals surface area contributed by atoms with Crippen LogP contribution in [0.15, 0.2) is 71.3 Å². The molecule has 3 aliphatic rings. The van der Waals surface area contributed by atoms with E-state index >= 15 is 0 Å². The second-order valence-corrected chi connectivity index (χ2v) is 8.49. The number of para-hydroxylation sites is 1. The van der Waals surface area contributed by atoms with E-state index in [0.717, 1.165) is 11.1 Å². The lowest BCUT2D eigenvalue weighted by Gasteiger charge is -2.40. The van der Waals surface area contributed by atoms with Gasteiger partial charge in [-0.05, 0) is 37.0 Å². The number of aryl methyl sites for hydroxylation is 1. The lowest BCUT2D eigenvalue weighted by Crippen LogP contribution is -2.49. The molecule has 0 unspecified atom stereocenters. The molecule has 5 rings (SSSR count). The van der Waals surface area contributed by atoms with Crippen molar-refractivity contribution in [2.75, 3.05) is 11.9 Å². The number of Topliss-reactive ketones (excluding diaryl/α,β-unsaturated/α-hetero) is 1. The van der Waals surface area contributed by atoms with Gasteiger partial charge in [0.05, 0.1) is 12.2 Å². The first kappa shape index (κ1) is 21.0. The summed E-state index contributed by atoms with van der Waals surface area (Å²) in [4.78, 5) is 40.5. The summed E-state index contributed by atoms with van der Waals surface area (Å²) in [7, 11) is 0. The lowest BCUT2D eigenvalue weighted by molar-refractivity contribution is -0.141. The highest BCUT2D eigenvalue weighted by Gasteiger charge is 2.62. The zero-order valence-electron chi connectivity index (χ0n) is 18.4. The van der Waals surface area contributed by atoms with Crippen molar-refractivity contribution < 1.29 is 23.9 Å². The Morgan fingerprint density at radius 1 is 1.15 bits per heavy atom. The van der Waals surface area contributed by atoms with Gasteiger partial charge in [0.25, 0.3) is 0 Å². The monoisotopic (exact) mass is 444 g/mol. The molecule has 0 fully saturated rings. The van der Waals surface area contributed by atoms with Crippen LogP contribution in [0.4, 0.5) is 5.69 Å². The average molecular weight is 444 g/mol. The van der Waals surface area contributed by atoms with E-state index in [1.807, 2.05) is 31.2 Å². The van der Waals surface area contributed by atoms with E-state index in [1.165, 1.54) is 0 Å². The standard InChI is InChI=1S/C26H24N2O5/c1-3-32-24(30)22-23(27)33-20-13-15(16-9-5-4-8-14(16)2)12-19(29)21(20)26(22)17-10-6-7-11-18(17)28-25(26)31/h4-11,15H,3,12-13,27H2,1-2H3,(H,28,31)/t15-,26-/m1/s1. The first-order valence-corrected chi connectivity index (χ1v) is 11.0. The minimum atomic E-state index is -1.70. The molecule has 168 valence electrons. The molecule has 2 aromatic rings. The Kier molecular flexibility index (Phi) is 4.85. The van der Waals surface area contributed by atoms with Crippen molar-refractivity contribution in [2.24, 2.45) is 5.73 Å². The quantitative estimate of drug-likeness (QED) is 0.703. The van der Waals surface area contributed by atoms with E-state index in [0.29, 0.717) is 23.4 Å². The molecule has 1 aliphatic carbocycles. The molecule has 0 aromatic heterocycles. The molecule has 33 heavy (non-hydrogen) atoms. The van der Waals surface area contributed by atoms with Gasteiger partial charge in [-0.15, -0.1) is 0 Å². The van der Waals surface area contributed by atoms with Crippen LogP contribution in [0.25, 0.3) is 0 Å². The van der Waals surface area contributed by atoms with E-state index in [2.05, 4.69) is 5.32 Å². The number of fused-ring (bicyclic) bond motifs is 3. The maximum atomic E-state index is 13.7. The third-order valence-electron chi connectivity index (χ3n) is 6.68. The molecule has 0 bridgehead atoms. The number of amides is 1. The molecular weight excluding hydrogens is 420 g/mol. The minimum absolute atomic E-state index is 0.0875. The average Bonchev–Trinajstić information content (AvgIpc) is 3.06. The summed E-state index contributed by atoms with van der Waals surface area (Å²) in [6, 6.07) is 14.9. The van der Waals surface area contributed by atoms with E-state index in [4.69, 9.17) is 15.2 Å². The Balaban J connectivity index is 1.73. The summed E-state index contributed by atoms with van der Waals surface area (Å²) >= 11 is 0. The lowest BCUT2D eigenvalue weighted by atomic mass is 9.63. The predicted molar refractivity (Wildman–Crippen MR) is 121 cm³/mol. The number of nitrogens with two attached hydrogens (primary N) is 1. The van der Waals surface area contributed by atoms with Crippen LogP contribution in [0, 0.1) is 6.92 Å². The van der Waals surface area contributed by atoms with Crippen LogP contribution in [-0.2, 0) is 29.3 Å². The normalized spacial score (nSPS) is 23.8. The number of esters is 1. The molecule has 0 saturated carbocycles. The van der Waals surface area contributed by atoms with Crippen molar-refractivity contribution in [1.82, 2.24) is 0 Å². The molecule has 2 atom stereocenters. The number of rotatable bonds is 3. The van der Waals surface area contributed by atoms with Crippen molar-refractivity contribution in [3.05, 3.63) is 88.0 Å². The summed E-state index contributed by atoms with van der Waals surface area (Å²) in [6.45, 7) is 3.75. The molecule has 1 amide bonds. The van der Waals surface area contributed by atoms with Crippen molar-refractivity contribution in [1.29, 1.82) is 0 Å². The number of anilines is 1. The van der Waals surface area contributed by atoms with Gasteiger partial charge in [-0.3, -0.25) is 9.59 Å². The van der Waals surface area contributed by atoms with E-state index in [-0.39, 0.29) is 41.8 Å². The Morgan fingerprint density at radius 2 is 1.88 bits per heavy atom. The Hall–Kier alpha value is -3.87. The van der Waals surface area contributed by atoms with Crippen LogP contribution >= 0.6 is 0 Å². The molecule has 2 aromatic carbocycles. The molecule has 0 saturated heterocycles. The Morgan fingerprint density at radius 3 is 2.64 bits per heavy atom. The maximum Gasteiger partial charge on any atom is 0.341 e. The molecule has 3 N–H and O–H groups in total. The molecular formula is C26H24N2O5. The van der Waals surface area contributed by atoms with Gasteiger partial charge in [-0.25, -0.2) is 4.79 Å². The SMILES string of the molecule is CCOC(=O)C1=C(N)OC2=C(C(=O)C[C@@H](c3ccccc3C)C2)[C@@]12C(=O)Nc1ccccc12. The fourth-order valence-electron chi connectivity index (χ4n) is 5.36. The summed E-state index contributed by atoms with van der Waals surface area (Å²) in [5, 5.41) is 2.83. The van der Waals surface area contributed by atoms with Crippen LogP contribution in [0.3, 0.4) is 0 Å². The number of benzene rings is 2. The van der Waals surface area contributed by atoms with Crippen molar-refractivity contribution in [3.8, 4) is 0 Å². The maximum absolute atomic E-state index is 13.7. The summed E-state index contributed by atoms with van der Waals surface area (Å²) in [6.07, 6.45) is 0.584. The fourth-order valence-corrected chi connectivity index (χ4v) is 5.36. The third-order valence-corrected chi connectivity index (χ3v) is 6.68.